The molecule has 110 valence electrons. The Labute approximate surface area is 126 Å². The van der Waals surface area contributed by atoms with Crippen LogP contribution in [0.4, 0.5) is 0 Å². The maximum absolute atomic E-state index is 12.4. The summed E-state index contributed by atoms with van der Waals surface area (Å²) in [6.07, 6.45) is 2.56. The molecule has 3 heteroatoms. The summed E-state index contributed by atoms with van der Waals surface area (Å²) in [5.41, 5.74) is 4.10. The summed E-state index contributed by atoms with van der Waals surface area (Å²) in [5.74, 6) is 0.264. The van der Waals surface area contributed by atoms with Gasteiger partial charge in [-0.3, -0.25) is 9.48 Å². The molecule has 3 rings (SSSR count). The van der Waals surface area contributed by atoms with E-state index in [1.54, 1.807) is 0 Å². The van der Waals surface area contributed by atoms with Crippen LogP contribution in [0.2, 0.25) is 0 Å². The van der Waals surface area contributed by atoms with Gasteiger partial charge < -0.3 is 0 Å². The highest BCUT2D eigenvalue weighted by Crippen LogP contribution is 2.32. The van der Waals surface area contributed by atoms with Gasteiger partial charge in [0.1, 0.15) is 0 Å². The minimum absolute atomic E-state index is 0.0982. The molecule has 1 aliphatic carbocycles. The highest BCUT2D eigenvalue weighted by atomic mass is 16.1. The van der Waals surface area contributed by atoms with Gasteiger partial charge in [-0.15, -0.1) is 0 Å². The van der Waals surface area contributed by atoms with Crippen LogP contribution in [0.5, 0.6) is 0 Å². The van der Waals surface area contributed by atoms with Crippen molar-refractivity contribution in [2.75, 3.05) is 0 Å². The fraction of sp³-hybridized carbons (Fsp3) is 0.444. The van der Waals surface area contributed by atoms with Crippen molar-refractivity contribution in [2.45, 2.75) is 52.0 Å². The van der Waals surface area contributed by atoms with Gasteiger partial charge in [0.15, 0.2) is 5.78 Å². The highest BCUT2D eigenvalue weighted by molar-refractivity contribution is 5.99. The van der Waals surface area contributed by atoms with Crippen LogP contribution in [-0.2, 0) is 18.4 Å². The fourth-order valence-corrected chi connectivity index (χ4v) is 3.00. The van der Waals surface area contributed by atoms with Gasteiger partial charge in [0.05, 0.1) is 17.8 Å². The summed E-state index contributed by atoms with van der Waals surface area (Å²) in [7, 11) is 0. The first-order valence-electron chi connectivity index (χ1n) is 7.64. The average Bonchev–Trinajstić information content (AvgIpc) is 2.80. The molecule has 0 amide bonds. The van der Waals surface area contributed by atoms with Crippen LogP contribution < -0.4 is 0 Å². The predicted octanol–water partition coefficient (Wildman–Crippen LogP) is 3.75. The van der Waals surface area contributed by atoms with E-state index in [0.29, 0.717) is 6.42 Å². The Morgan fingerprint density at radius 3 is 2.52 bits per heavy atom. The van der Waals surface area contributed by atoms with E-state index in [0.717, 1.165) is 36.3 Å². The number of carbonyl (C=O) groups excluding carboxylic acids is 1. The number of ketones is 1. The quantitative estimate of drug-likeness (QED) is 0.841. The third kappa shape index (κ3) is 2.65. The summed E-state index contributed by atoms with van der Waals surface area (Å²) in [5, 5.41) is 4.80. The molecule has 0 saturated heterocycles. The second-order valence-electron chi connectivity index (χ2n) is 6.84. The number of hydrogen-bond acceptors (Lipinski definition) is 2. The Morgan fingerprint density at radius 1 is 1.14 bits per heavy atom. The third-order valence-corrected chi connectivity index (χ3v) is 4.04. The number of fused-ring (bicyclic) bond motifs is 1. The molecule has 0 aliphatic heterocycles. The smallest absolute Gasteiger partial charge is 0.166 e. The molecule has 0 radical (unpaired) electrons. The lowest BCUT2D eigenvalue weighted by Gasteiger charge is -2.19. The van der Waals surface area contributed by atoms with Gasteiger partial charge in [-0.25, -0.2) is 0 Å². The monoisotopic (exact) mass is 282 g/mol. The van der Waals surface area contributed by atoms with Crippen LogP contribution in [0.25, 0.3) is 0 Å². The standard InChI is InChI=1S/C18H22N2O/c1-18(2,3)17-16-14(10-7-11-15(16)21)20(19-17)12-13-8-5-4-6-9-13/h4-6,8-9H,7,10-12H2,1-3H3. The molecule has 2 aromatic rings. The van der Waals surface area contributed by atoms with Gasteiger partial charge in [0.2, 0.25) is 0 Å². The molecular weight excluding hydrogens is 260 g/mol. The molecule has 0 bridgehead atoms. The first kappa shape index (κ1) is 14.1. The van der Waals surface area contributed by atoms with Crippen LogP contribution in [0, 0.1) is 0 Å². The molecule has 1 aromatic carbocycles. The molecule has 0 fully saturated rings. The van der Waals surface area contributed by atoms with E-state index < -0.39 is 0 Å². The second-order valence-corrected chi connectivity index (χ2v) is 6.84. The van der Waals surface area contributed by atoms with Crippen molar-refractivity contribution in [1.82, 2.24) is 9.78 Å². The summed E-state index contributed by atoms with van der Waals surface area (Å²) in [6.45, 7) is 7.13. The molecule has 1 aromatic heterocycles. The van der Waals surface area contributed by atoms with E-state index in [4.69, 9.17) is 5.10 Å². The molecule has 0 atom stereocenters. The summed E-state index contributed by atoms with van der Waals surface area (Å²) in [6, 6.07) is 10.3. The normalized spacial score (nSPS) is 15.1. The number of nitrogens with zero attached hydrogens (tertiary/aromatic N) is 2. The predicted molar refractivity (Wildman–Crippen MR) is 83.7 cm³/mol. The van der Waals surface area contributed by atoms with Crippen LogP contribution in [0.3, 0.4) is 0 Å². The molecule has 1 heterocycles. The summed E-state index contributed by atoms with van der Waals surface area (Å²) >= 11 is 0. The van der Waals surface area contributed by atoms with Crippen LogP contribution in [0.15, 0.2) is 30.3 Å². The topological polar surface area (TPSA) is 34.9 Å². The van der Waals surface area contributed by atoms with Crippen LogP contribution >= 0.6 is 0 Å². The van der Waals surface area contributed by atoms with Crippen molar-refractivity contribution >= 4 is 5.78 Å². The lowest BCUT2D eigenvalue weighted by atomic mass is 9.84. The minimum Gasteiger partial charge on any atom is -0.294 e. The van der Waals surface area contributed by atoms with Crippen LogP contribution in [-0.4, -0.2) is 15.6 Å². The van der Waals surface area contributed by atoms with Crippen molar-refractivity contribution in [1.29, 1.82) is 0 Å². The Morgan fingerprint density at radius 2 is 1.86 bits per heavy atom. The number of rotatable bonds is 2. The van der Waals surface area contributed by atoms with Crippen LogP contribution in [0.1, 0.15) is 60.9 Å². The summed E-state index contributed by atoms with van der Waals surface area (Å²) in [4.78, 5) is 12.4. The number of hydrogen-bond donors (Lipinski definition) is 0. The van der Waals surface area contributed by atoms with Crippen molar-refractivity contribution in [2.24, 2.45) is 0 Å². The molecule has 21 heavy (non-hydrogen) atoms. The van der Waals surface area contributed by atoms with Gasteiger partial charge in [0.25, 0.3) is 0 Å². The third-order valence-electron chi connectivity index (χ3n) is 4.04. The number of Topliss-reactive ketones (excluding diaryl/α,β-unsaturated/α-hetero) is 1. The number of carbonyl (C=O) groups is 1. The Balaban J connectivity index is 2.08. The van der Waals surface area contributed by atoms with Crippen molar-refractivity contribution in [3.05, 3.63) is 52.8 Å². The number of aromatic nitrogens is 2. The maximum atomic E-state index is 12.4. The van der Waals surface area contributed by atoms with Gasteiger partial charge in [-0.2, -0.15) is 5.10 Å². The Bertz CT molecular complexity index is 663. The molecular formula is C18H22N2O. The first-order chi connectivity index (χ1) is 9.97. The van der Waals surface area contributed by atoms with E-state index in [1.165, 1.54) is 5.56 Å². The summed E-state index contributed by atoms with van der Waals surface area (Å²) < 4.78 is 2.04. The van der Waals surface area contributed by atoms with Gasteiger partial charge >= 0.3 is 0 Å². The maximum Gasteiger partial charge on any atom is 0.166 e. The van der Waals surface area contributed by atoms with E-state index in [9.17, 15) is 4.79 Å². The zero-order chi connectivity index (χ0) is 15.0. The van der Waals surface area contributed by atoms with E-state index in [2.05, 4.69) is 32.9 Å². The van der Waals surface area contributed by atoms with Gasteiger partial charge in [0, 0.05) is 17.5 Å². The SMILES string of the molecule is CC(C)(C)c1nn(Cc2ccccc2)c2c1C(=O)CCC2. The number of benzene rings is 1. The van der Waals surface area contributed by atoms with Gasteiger partial charge in [-0.1, -0.05) is 51.1 Å². The fourth-order valence-electron chi connectivity index (χ4n) is 3.00. The second kappa shape index (κ2) is 5.14. The average molecular weight is 282 g/mol. The Hall–Kier alpha value is -1.90. The van der Waals surface area contributed by atoms with E-state index in [1.807, 2.05) is 22.9 Å². The van der Waals surface area contributed by atoms with Gasteiger partial charge in [-0.05, 0) is 18.4 Å². The zero-order valence-electron chi connectivity index (χ0n) is 13.0. The van der Waals surface area contributed by atoms with E-state index >= 15 is 0 Å². The van der Waals surface area contributed by atoms with E-state index in [-0.39, 0.29) is 11.2 Å². The zero-order valence-corrected chi connectivity index (χ0v) is 13.0. The molecule has 3 nitrogen and oxygen atoms in total. The molecule has 0 spiro atoms. The minimum atomic E-state index is -0.0982. The molecule has 0 N–H and O–H groups in total. The molecule has 0 saturated carbocycles. The lowest BCUT2D eigenvalue weighted by Crippen LogP contribution is -2.19. The largest absolute Gasteiger partial charge is 0.294 e. The Kier molecular flexibility index (Phi) is 3.44. The molecule has 1 aliphatic rings. The highest BCUT2D eigenvalue weighted by Gasteiger charge is 2.32. The van der Waals surface area contributed by atoms with Crippen molar-refractivity contribution < 1.29 is 4.79 Å². The van der Waals surface area contributed by atoms with Crippen molar-refractivity contribution in [3.63, 3.8) is 0 Å². The van der Waals surface area contributed by atoms with Crippen molar-refractivity contribution in [3.8, 4) is 0 Å². The first-order valence-corrected chi connectivity index (χ1v) is 7.64. The lowest BCUT2D eigenvalue weighted by molar-refractivity contribution is 0.0969. The molecule has 0 unspecified atom stereocenters.